The van der Waals surface area contributed by atoms with Crippen LogP contribution in [0.5, 0.6) is 11.5 Å². The number of benzene rings is 2. The van der Waals surface area contributed by atoms with Crippen molar-refractivity contribution in [2.45, 2.75) is 6.54 Å². The second kappa shape index (κ2) is 7.96. The first-order valence-electron chi connectivity index (χ1n) is 8.70. The third-order valence-corrected chi connectivity index (χ3v) is 4.78. The van der Waals surface area contributed by atoms with Gasteiger partial charge in [-0.15, -0.1) is 0 Å². The van der Waals surface area contributed by atoms with E-state index in [1.54, 1.807) is 24.3 Å². The molecular formula is C21H13BrN2O6. The fourth-order valence-electron chi connectivity index (χ4n) is 2.83. The zero-order valence-electron chi connectivity index (χ0n) is 15.2. The van der Waals surface area contributed by atoms with Gasteiger partial charge in [0, 0.05) is 16.2 Å². The molecule has 0 fully saturated rings. The van der Waals surface area contributed by atoms with Crippen molar-refractivity contribution in [1.82, 2.24) is 9.55 Å². The van der Waals surface area contributed by atoms with Gasteiger partial charge in [-0.1, -0.05) is 28.1 Å². The van der Waals surface area contributed by atoms with Gasteiger partial charge in [-0.25, -0.2) is 14.3 Å². The fourth-order valence-corrected chi connectivity index (χ4v) is 3.09. The highest BCUT2D eigenvalue weighted by Crippen LogP contribution is 2.27. The number of aromatic nitrogens is 2. The van der Waals surface area contributed by atoms with Crippen molar-refractivity contribution >= 4 is 33.0 Å². The van der Waals surface area contributed by atoms with Crippen LogP contribution in [0.2, 0.25) is 0 Å². The summed E-state index contributed by atoms with van der Waals surface area (Å²) in [6, 6.07) is 16.1. The summed E-state index contributed by atoms with van der Waals surface area (Å²) < 4.78 is 12.3. The number of fused-ring (bicyclic) bond motifs is 1. The highest BCUT2D eigenvalue weighted by atomic mass is 79.9. The minimum atomic E-state index is -1.33. The number of aliphatic carboxylic acids is 1. The summed E-state index contributed by atoms with van der Waals surface area (Å²) in [6.07, 6.45) is 1.46. The number of halogens is 1. The predicted octanol–water partition coefficient (Wildman–Crippen LogP) is 3.66. The summed E-state index contributed by atoms with van der Waals surface area (Å²) in [5.74, 6) is -1.05. The van der Waals surface area contributed by atoms with Gasteiger partial charge in [0.2, 0.25) is 0 Å². The van der Waals surface area contributed by atoms with Crippen LogP contribution in [0.4, 0.5) is 0 Å². The minimum absolute atomic E-state index is 0.0145. The van der Waals surface area contributed by atoms with Gasteiger partial charge in [0.15, 0.2) is 11.1 Å². The van der Waals surface area contributed by atoms with E-state index in [4.69, 9.17) is 14.3 Å². The molecule has 2 heterocycles. The molecule has 0 radical (unpaired) electrons. The van der Waals surface area contributed by atoms with Crippen LogP contribution in [-0.2, 0) is 11.3 Å². The second-order valence-corrected chi connectivity index (χ2v) is 7.22. The van der Waals surface area contributed by atoms with Crippen LogP contribution >= 0.6 is 15.9 Å². The van der Waals surface area contributed by atoms with Gasteiger partial charge in [-0.2, -0.15) is 0 Å². The molecule has 0 atom stereocenters. The van der Waals surface area contributed by atoms with E-state index in [9.17, 15) is 14.4 Å². The first kappa shape index (κ1) is 19.6. The summed E-state index contributed by atoms with van der Waals surface area (Å²) in [5, 5.41) is 8.84. The lowest BCUT2D eigenvalue weighted by atomic mass is 10.1. The van der Waals surface area contributed by atoms with Crippen molar-refractivity contribution in [3.63, 3.8) is 0 Å². The molecule has 8 nitrogen and oxygen atoms in total. The number of hydrogen-bond donors (Lipinski definition) is 1. The van der Waals surface area contributed by atoms with Crippen LogP contribution in [0.1, 0.15) is 0 Å². The molecule has 150 valence electrons. The second-order valence-electron chi connectivity index (χ2n) is 6.30. The van der Waals surface area contributed by atoms with Gasteiger partial charge < -0.3 is 14.3 Å². The maximum Gasteiger partial charge on any atom is 0.422 e. The molecule has 0 saturated heterocycles. The van der Waals surface area contributed by atoms with Crippen LogP contribution in [0.25, 0.3) is 22.2 Å². The number of carbonyl (C=O) groups is 1. The van der Waals surface area contributed by atoms with Gasteiger partial charge in [0.1, 0.15) is 18.0 Å². The van der Waals surface area contributed by atoms with E-state index in [1.165, 1.54) is 12.3 Å². The van der Waals surface area contributed by atoms with E-state index in [1.807, 2.05) is 24.3 Å². The number of carboxylic acid groups (broad SMARTS) is 1. The summed E-state index contributed by atoms with van der Waals surface area (Å²) in [7, 11) is 0. The van der Waals surface area contributed by atoms with Gasteiger partial charge in [-0.05, 0) is 48.0 Å². The Balaban J connectivity index is 1.64. The summed E-state index contributed by atoms with van der Waals surface area (Å²) in [4.78, 5) is 39.2. The lowest BCUT2D eigenvalue weighted by Gasteiger charge is -2.08. The number of carboxylic acids is 1. The van der Waals surface area contributed by atoms with E-state index in [2.05, 4.69) is 20.9 Å². The van der Waals surface area contributed by atoms with E-state index in [0.29, 0.717) is 21.6 Å². The molecule has 0 aliphatic carbocycles. The van der Waals surface area contributed by atoms with E-state index in [-0.39, 0.29) is 11.1 Å². The first-order valence-corrected chi connectivity index (χ1v) is 9.49. The Bertz CT molecular complexity index is 1360. The standard InChI is InChI=1S/C21H13BrN2O6/c22-14-3-7-16(8-4-14)29-15-5-1-12(2-6-15)13-9-17-19(23-10-13)20(27)24(11-18(25)26)21(28)30-17/h1-10H,11H2,(H,25,26). The van der Waals surface area contributed by atoms with Crippen LogP contribution in [-0.4, -0.2) is 20.6 Å². The SMILES string of the molecule is O=C(O)Cn1c(=O)oc2cc(-c3ccc(Oc4ccc(Br)cc4)cc3)cnc2c1=O. The predicted molar refractivity (Wildman–Crippen MR) is 112 cm³/mol. The van der Waals surface area contributed by atoms with Crippen molar-refractivity contribution in [3.05, 3.63) is 86.2 Å². The minimum Gasteiger partial charge on any atom is -0.480 e. The summed E-state index contributed by atoms with van der Waals surface area (Å²) in [5.41, 5.74) is 0.448. The molecule has 0 aliphatic heterocycles. The topological polar surface area (TPSA) is 112 Å². The molecule has 2 aromatic heterocycles. The number of hydrogen-bond acceptors (Lipinski definition) is 6. The zero-order chi connectivity index (χ0) is 21.3. The highest BCUT2D eigenvalue weighted by molar-refractivity contribution is 9.10. The molecule has 2 aromatic carbocycles. The Morgan fingerprint density at radius 1 is 1.03 bits per heavy atom. The van der Waals surface area contributed by atoms with Crippen molar-refractivity contribution < 1.29 is 19.1 Å². The van der Waals surface area contributed by atoms with Crippen molar-refractivity contribution in [1.29, 1.82) is 0 Å². The number of rotatable bonds is 5. The lowest BCUT2D eigenvalue weighted by molar-refractivity contribution is -0.137. The van der Waals surface area contributed by atoms with Crippen molar-refractivity contribution in [2.75, 3.05) is 0 Å². The largest absolute Gasteiger partial charge is 0.480 e. The molecule has 0 aliphatic rings. The average molecular weight is 469 g/mol. The maximum atomic E-state index is 12.3. The molecule has 0 amide bonds. The highest BCUT2D eigenvalue weighted by Gasteiger charge is 2.14. The monoisotopic (exact) mass is 468 g/mol. The fraction of sp³-hybridized carbons (Fsp3) is 0.0476. The molecular weight excluding hydrogens is 456 g/mol. The molecule has 0 bridgehead atoms. The van der Waals surface area contributed by atoms with Crippen LogP contribution in [0.15, 0.2) is 79.3 Å². The summed E-state index contributed by atoms with van der Waals surface area (Å²) in [6.45, 7) is -0.791. The Labute approximate surface area is 177 Å². The summed E-state index contributed by atoms with van der Waals surface area (Å²) >= 11 is 3.37. The third-order valence-electron chi connectivity index (χ3n) is 4.25. The van der Waals surface area contributed by atoms with E-state index < -0.39 is 23.8 Å². The number of ether oxygens (including phenoxy) is 1. The molecule has 0 spiro atoms. The molecule has 30 heavy (non-hydrogen) atoms. The van der Waals surface area contributed by atoms with Crippen molar-refractivity contribution in [2.24, 2.45) is 0 Å². The van der Waals surface area contributed by atoms with E-state index in [0.717, 1.165) is 10.0 Å². The molecule has 4 aromatic rings. The molecule has 4 rings (SSSR count). The Morgan fingerprint density at radius 3 is 2.30 bits per heavy atom. The molecule has 0 saturated carbocycles. The number of pyridine rings is 1. The third kappa shape index (κ3) is 4.01. The van der Waals surface area contributed by atoms with Crippen LogP contribution in [0, 0.1) is 0 Å². The van der Waals surface area contributed by atoms with Crippen LogP contribution < -0.4 is 16.1 Å². The Morgan fingerprint density at radius 2 is 1.67 bits per heavy atom. The zero-order valence-corrected chi connectivity index (χ0v) is 16.8. The van der Waals surface area contributed by atoms with E-state index >= 15 is 0 Å². The van der Waals surface area contributed by atoms with Crippen molar-refractivity contribution in [3.8, 4) is 22.6 Å². The Kier molecular flexibility index (Phi) is 5.20. The Hall–Kier alpha value is -3.72. The number of nitrogens with zero attached hydrogens (tertiary/aromatic N) is 2. The van der Waals surface area contributed by atoms with Gasteiger partial charge in [-0.3, -0.25) is 9.59 Å². The molecule has 1 N–H and O–H groups in total. The normalized spacial score (nSPS) is 10.8. The quantitative estimate of drug-likeness (QED) is 0.475. The van der Waals surface area contributed by atoms with Crippen LogP contribution in [0.3, 0.4) is 0 Å². The lowest BCUT2D eigenvalue weighted by Crippen LogP contribution is -2.35. The first-order chi connectivity index (χ1) is 14.4. The maximum absolute atomic E-state index is 12.3. The molecule has 9 heteroatoms. The average Bonchev–Trinajstić information content (AvgIpc) is 2.73. The smallest absolute Gasteiger partial charge is 0.422 e. The van der Waals surface area contributed by atoms with Gasteiger partial charge in [0.25, 0.3) is 5.56 Å². The van der Waals surface area contributed by atoms with Gasteiger partial charge in [0.05, 0.1) is 0 Å². The van der Waals surface area contributed by atoms with Gasteiger partial charge >= 0.3 is 11.7 Å². The molecule has 0 unspecified atom stereocenters.